The predicted molar refractivity (Wildman–Crippen MR) is 257 cm³/mol. The Morgan fingerprint density at radius 3 is 1.68 bits per heavy atom. The number of benzene rings is 4. The molecule has 4 heterocycles. The van der Waals surface area contributed by atoms with Gasteiger partial charge in [0, 0.05) is 30.6 Å². The van der Waals surface area contributed by atoms with E-state index in [0.717, 1.165) is 64.4 Å². The Morgan fingerprint density at radius 1 is 0.652 bits per heavy atom. The highest BCUT2D eigenvalue weighted by Crippen LogP contribution is 2.38. The van der Waals surface area contributed by atoms with Gasteiger partial charge in [-0.25, -0.2) is 14.6 Å². The number of ether oxygens (including phenoxy) is 2. The molecular weight excluding hydrogens is 851 g/mol. The third-order valence-electron chi connectivity index (χ3n) is 11.9. The molecule has 0 aliphatic carbocycles. The Morgan fingerprint density at radius 2 is 1.14 bits per heavy atom. The van der Waals surface area contributed by atoms with Gasteiger partial charge in [0.25, 0.3) is 5.91 Å². The summed E-state index contributed by atoms with van der Waals surface area (Å²) in [7, 11) is 0. The van der Waals surface area contributed by atoms with E-state index in [1.165, 1.54) is 0 Å². The lowest BCUT2D eigenvalue weighted by atomic mass is 10.0. The van der Waals surface area contributed by atoms with E-state index in [-0.39, 0.29) is 30.1 Å². The quantitative estimate of drug-likeness (QED) is 0.119. The second-order valence-corrected chi connectivity index (χ2v) is 19.9. The SMILES string of the molecule is CC(C)(C)OC(=O)NC(C(=O)N1CCCC1c1nc(-c2ccc(-c3ccc(C4=NC(C5CCCN5C(=O)C(NC(=O)OC(C)(C)C)c5ccccc5)NC4)cc3)cc2)cs1)c1ccccc1. The molecule has 66 heavy (non-hydrogen) atoms. The van der Waals surface area contributed by atoms with Gasteiger partial charge in [-0.15, -0.1) is 11.3 Å². The van der Waals surface area contributed by atoms with Crippen LogP contribution in [0.1, 0.15) is 107 Å². The van der Waals surface area contributed by atoms with Crippen molar-refractivity contribution in [1.29, 1.82) is 0 Å². The van der Waals surface area contributed by atoms with E-state index in [1.807, 2.05) is 75.8 Å². The monoisotopic (exact) mass is 909 g/mol. The maximum Gasteiger partial charge on any atom is 0.408 e. The first kappa shape index (κ1) is 46.2. The van der Waals surface area contributed by atoms with E-state index >= 15 is 0 Å². The van der Waals surface area contributed by atoms with Gasteiger partial charge < -0.3 is 29.9 Å². The third-order valence-corrected chi connectivity index (χ3v) is 12.8. The number of rotatable bonds is 11. The molecule has 0 bridgehead atoms. The minimum absolute atomic E-state index is 0.159. The van der Waals surface area contributed by atoms with Gasteiger partial charge >= 0.3 is 12.2 Å². The molecule has 5 atom stereocenters. The van der Waals surface area contributed by atoms with Gasteiger partial charge in [0.1, 0.15) is 34.5 Å². The average Bonchev–Trinajstić information content (AvgIpc) is 4.14. The molecule has 1 aromatic heterocycles. The van der Waals surface area contributed by atoms with Crippen molar-refractivity contribution >= 4 is 41.0 Å². The standard InChI is InChI=1S/C52H59N7O6S/c1-51(2,3)64-49(62)56-43(37-15-9-7-10-16-37)47(60)58-29-13-19-41(58)45-53-31-39(54-45)35-25-21-33(22-26-35)34-23-27-36(28-24-34)40-32-66-46(55-40)42-20-14-30-59(42)48(61)44(38-17-11-8-12-18-38)57-50(63)65-52(4,5)6/h7-12,15-18,21-28,32,41-45,53H,13-14,19-20,29-31H2,1-6H3,(H,56,62)(H,57,63). The van der Waals surface area contributed by atoms with Crippen LogP contribution in [-0.2, 0) is 19.1 Å². The summed E-state index contributed by atoms with van der Waals surface area (Å²) >= 11 is 1.55. The first-order chi connectivity index (χ1) is 31.6. The molecule has 3 N–H and O–H groups in total. The number of thiazole rings is 1. The molecule has 4 aromatic carbocycles. The van der Waals surface area contributed by atoms with Crippen molar-refractivity contribution in [2.75, 3.05) is 19.6 Å². The summed E-state index contributed by atoms with van der Waals surface area (Å²) in [4.78, 5) is 68.0. The normalized spacial score (nSPS) is 19.5. The number of nitrogens with one attached hydrogen (secondary N) is 3. The van der Waals surface area contributed by atoms with E-state index in [1.54, 1.807) is 52.9 Å². The summed E-state index contributed by atoms with van der Waals surface area (Å²) in [5, 5.41) is 12.1. The molecule has 344 valence electrons. The van der Waals surface area contributed by atoms with Crippen molar-refractivity contribution in [3.8, 4) is 22.4 Å². The smallest absolute Gasteiger partial charge is 0.408 e. The topological polar surface area (TPSA) is 155 Å². The fourth-order valence-electron chi connectivity index (χ4n) is 8.85. The van der Waals surface area contributed by atoms with E-state index in [9.17, 15) is 19.2 Å². The second-order valence-electron chi connectivity index (χ2n) is 19.0. The maximum atomic E-state index is 14.2. The van der Waals surface area contributed by atoms with Gasteiger partial charge in [-0.3, -0.25) is 19.9 Å². The number of carbonyl (C=O) groups excluding carboxylic acids is 4. The van der Waals surface area contributed by atoms with Crippen LogP contribution in [0.15, 0.2) is 120 Å². The Hall–Kier alpha value is -6.38. The molecule has 0 spiro atoms. The highest BCUT2D eigenvalue weighted by Gasteiger charge is 2.41. The Bertz CT molecular complexity index is 2530. The van der Waals surface area contributed by atoms with Gasteiger partial charge in [-0.05, 0) is 95.0 Å². The number of aromatic nitrogens is 1. The number of amides is 4. The molecule has 0 saturated carbocycles. The first-order valence-corrected chi connectivity index (χ1v) is 23.6. The van der Waals surface area contributed by atoms with Gasteiger partial charge in [0.15, 0.2) is 0 Å². The molecule has 14 heteroatoms. The van der Waals surface area contributed by atoms with Crippen LogP contribution < -0.4 is 16.0 Å². The molecule has 3 aliphatic heterocycles. The zero-order chi connectivity index (χ0) is 46.6. The fraction of sp³-hybridized carbons (Fsp3) is 0.385. The Kier molecular flexibility index (Phi) is 13.7. The zero-order valence-corrected chi connectivity index (χ0v) is 39.3. The molecule has 3 aliphatic rings. The van der Waals surface area contributed by atoms with Crippen LogP contribution in [0.25, 0.3) is 22.4 Å². The van der Waals surface area contributed by atoms with Crippen molar-refractivity contribution in [1.82, 2.24) is 30.7 Å². The van der Waals surface area contributed by atoms with Gasteiger partial charge in [-0.2, -0.15) is 0 Å². The molecule has 5 unspecified atom stereocenters. The Balaban J connectivity index is 0.913. The number of likely N-dealkylation sites (tertiary alicyclic amines) is 2. The van der Waals surface area contributed by atoms with Crippen molar-refractivity contribution in [3.63, 3.8) is 0 Å². The molecule has 5 aromatic rings. The highest BCUT2D eigenvalue weighted by atomic mass is 32.1. The molecule has 2 fully saturated rings. The van der Waals surface area contributed by atoms with Crippen LogP contribution in [0.4, 0.5) is 9.59 Å². The minimum Gasteiger partial charge on any atom is -0.444 e. The number of aliphatic imine (C=N–C) groups is 1. The summed E-state index contributed by atoms with van der Waals surface area (Å²) in [6.45, 7) is 12.5. The van der Waals surface area contributed by atoms with Crippen molar-refractivity contribution < 1.29 is 28.7 Å². The largest absolute Gasteiger partial charge is 0.444 e. The summed E-state index contributed by atoms with van der Waals surface area (Å²) in [5.74, 6) is -0.366. The van der Waals surface area contributed by atoms with E-state index in [4.69, 9.17) is 19.5 Å². The summed E-state index contributed by atoms with van der Waals surface area (Å²) < 4.78 is 11.1. The molecule has 13 nitrogen and oxygen atoms in total. The van der Waals surface area contributed by atoms with Gasteiger partial charge in [-0.1, -0.05) is 109 Å². The van der Waals surface area contributed by atoms with Crippen molar-refractivity contribution in [3.05, 3.63) is 136 Å². The van der Waals surface area contributed by atoms with E-state index in [2.05, 4.69) is 64.5 Å². The number of carbonyl (C=O) groups is 4. The predicted octanol–water partition coefficient (Wildman–Crippen LogP) is 9.38. The van der Waals surface area contributed by atoms with Crippen LogP contribution in [0.3, 0.4) is 0 Å². The minimum atomic E-state index is -0.890. The summed E-state index contributed by atoms with van der Waals surface area (Å²) in [6, 6.07) is 33.2. The number of hydrogen-bond donors (Lipinski definition) is 3. The van der Waals surface area contributed by atoms with Crippen LogP contribution >= 0.6 is 11.3 Å². The van der Waals surface area contributed by atoms with Gasteiger partial charge in [0.2, 0.25) is 5.91 Å². The molecule has 4 amide bonds. The number of nitrogens with zero attached hydrogens (tertiary/aromatic N) is 4. The fourth-order valence-corrected chi connectivity index (χ4v) is 9.83. The van der Waals surface area contributed by atoms with Crippen LogP contribution in [-0.4, -0.2) is 87.5 Å². The summed E-state index contributed by atoms with van der Waals surface area (Å²) in [5.41, 5.74) is 5.89. The lowest BCUT2D eigenvalue weighted by Crippen LogP contribution is -2.51. The number of alkyl carbamates (subject to hydrolysis) is 2. The van der Waals surface area contributed by atoms with Crippen molar-refractivity contribution in [2.24, 2.45) is 4.99 Å². The third kappa shape index (κ3) is 11.0. The lowest BCUT2D eigenvalue weighted by molar-refractivity contribution is -0.135. The number of hydrogen-bond acceptors (Lipinski definition) is 10. The summed E-state index contributed by atoms with van der Waals surface area (Å²) in [6.07, 6.45) is 1.72. The molecule has 8 rings (SSSR count). The van der Waals surface area contributed by atoms with Crippen LogP contribution in [0.2, 0.25) is 0 Å². The van der Waals surface area contributed by atoms with Crippen LogP contribution in [0, 0.1) is 0 Å². The van der Waals surface area contributed by atoms with Gasteiger partial charge in [0.05, 0.1) is 23.5 Å². The second kappa shape index (κ2) is 19.6. The lowest BCUT2D eigenvalue weighted by Gasteiger charge is -2.32. The van der Waals surface area contributed by atoms with Crippen LogP contribution in [0.5, 0.6) is 0 Å². The molecule has 0 radical (unpaired) electrons. The van der Waals surface area contributed by atoms with Crippen molar-refractivity contribution in [2.45, 2.75) is 109 Å². The Labute approximate surface area is 391 Å². The van der Waals surface area contributed by atoms with E-state index in [0.29, 0.717) is 30.8 Å². The first-order valence-electron chi connectivity index (χ1n) is 22.8. The zero-order valence-electron chi connectivity index (χ0n) is 38.5. The van der Waals surface area contributed by atoms with E-state index < -0.39 is 35.5 Å². The highest BCUT2D eigenvalue weighted by molar-refractivity contribution is 7.10. The average molecular weight is 910 g/mol. The maximum absolute atomic E-state index is 14.2. The molecule has 2 saturated heterocycles. The molecular formula is C52H59N7O6S.